The van der Waals surface area contributed by atoms with Crippen LogP contribution in [0.15, 0.2) is 37.1 Å². The van der Waals surface area contributed by atoms with E-state index in [0.717, 1.165) is 10.9 Å². The first-order chi connectivity index (χ1) is 10.0. The number of fused-ring (bicyclic) bond motifs is 1. The summed E-state index contributed by atoms with van der Waals surface area (Å²) < 4.78 is 0. The highest BCUT2D eigenvalue weighted by atomic mass is 16.4. The summed E-state index contributed by atoms with van der Waals surface area (Å²) in [5.74, 6) is -1.40. The molecule has 1 amide bonds. The fourth-order valence-electron chi connectivity index (χ4n) is 2.14. The minimum absolute atomic E-state index is 0.0679. The molecule has 6 nitrogen and oxygen atoms in total. The fraction of sp³-hybridized carbons (Fsp3) is 0.200. The highest BCUT2D eigenvalue weighted by Gasteiger charge is 2.21. The largest absolute Gasteiger partial charge is 0.508 e. The smallest absolute Gasteiger partial charge is 0.326 e. The number of nitrogens with one attached hydrogen (secondary N) is 2. The van der Waals surface area contributed by atoms with Crippen molar-refractivity contribution in [3.8, 4) is 5.75 Å². The highest BCUT2D eigenvalue weighted by molar-refractivity contribution is 5.87. The lowest BCUT2D eigenvalue weighted by Gasteiger charge is -2.13. The third-order valence-electron chi connectivity index (χ3n) is 3.14. The van der Waals surface area contributed by atoms with Gasteiger partial charge in [-0.15, -0.1) is 6.58 Å². The Balaban J connectivity index is 2.22. The van der Waals surface area contributed by atoms with Gasteiger partial charge in [-0.2, -0.15) is 0 Å². The van der Waals surface area contributed by atoms with Gasteiger partial charge in [0.2, 0.25) is 5.91 Å². The van der Waals surface area contributed by atoms with E-state index in [1.807, 2.05) is 0 Å². The van der Waals surface area contributed by atoms with Gasteiger partial charge in [0.25, 0.3) is 0 Å². The predicted molar refractivity (Wildman–Crippen MR) is 78.0 cm³/mol. The number of aromatic nitrogens is 1. The summed E-state index contributed by atoms with van der Waals surface area (Å²) in [5.41, 5.74) is 1.51. The summed E-state index contributed by atoms with van der Waals surface area (Å²) in [5, 5.41) is 21.9. The fourth-order valence-corrected chi connectivity index (χ4v) is 2.14. The lowest BCUT2D eigenvalue weighted by molar-refractivity contribution is -0.141. The SMILES string of the molecule is C=CCC(=O)NC(Cc1c[nH]c2ccc(O)cc12)C(=O)O. The second-order valence-electron chi connectivity index (χ2n) is 4.70. The molecule has 0 aliphatic heterocycles. The molecule has 110 valence electrons. The summed E-state index contributed by atoms with van der Waals surface area (Å²) in [6.45, 7) is 3.44. The molecule has 21 heavy (non-hydrogen) atoms. The average molecular weight is 288 g/mol. The average Bonchev–Trinajstić information content (AvgIpc) is 2.80. The number of carboxylic acid groups (broad SMARTS) is 1. The molecular weight excluding hydrogens is 272 g/mol. The summed E-state index contributed by atoms with van der Waals surface area (Å²) in [7, 11) is 0. The highest BCUT2D eigenvalue weighted by Crippen LogP contribution is 2.23. The minimum Gasteiger partial charge on any atom is -0.508 e. The van der Waals surface area contributed by atoms with Crippen molar-refractivity contribution in [2.75, 3.05) is 0 Å². The van der Waals surface area contributed by atoms with Crippen molar-refractivity contribution >= 4 is 22.8 Å². The second-order valence-corrected chi connectivity index (χ2v) is 4.70. The Labute approximate surface area is 121 Å². The molecule has 1 atom stereocenters. The van der Waals surface area contributed by atoms with Gasteiger partial charge in [0, 0.05) is 29.9 Å². The van der Waals surface area contributed by atoms with E-state index in [2.05, 4.69) is 16.9 Å². The molecule has 0 bridgehead atoms. The first kappa shape index (κ1) is 14.6. The number of phenols is 1. The van der Waals surface area contributed by atoms with Crippen LogP contribution in [0.1, 0.15) is 12.0 Å². The lowest BCUT2D eigenvalue weighted by atomic mass is 10.0. The van der Waals surface area contributed by atoms with Crippen molar-refractivity contribution in [2.24, 2.45) is 0 Å². The van der Waals surface area contributed by atoms with Gasteiger partial charge in [0.05, 0.1) is 0 Å². The molecule has 0 aliphatic rings. The minimum atomic E-state index is -1.11. The maximum Gasteiger partial charge on any atom is 0.326 e. The molecule has 2 aromatic rings. The van der Waals surface area contributed by atoms with Crippen molar-refractivity contribution in [2.45, 2.75) is 18.9 Å². The Morgan fingerprint density at radius 1 is 1.43 bits per heavy atom. The third kappa shape index (κ3) is 3.42. The number of aromatic amines is 1. The first-order valence-corrected chi connectivity index (χ1v) is 6.43. The zero-order chi connectivity index (χ0) is 15.4. The van der Waals surface area contributed by atoms with E-state index in [1.165, 1.54) is 6.08 Å². The number of hydrogen-bond acceptors (Lipinski definition) is 3. The van der Waals surface area contributed by atoms with Crippen molar-refractivity contribution < 1.29 is 19.8 Å². The van der Waals surface area contributed by atoms with E-state index in [1.54, 1.807) is 24.4 Å². The van der Waals surface area contributed by atoms with E-state index in [9.17, 15) is 19.8 Å². The Hall–Kier alpha value is -2.76. The number of aliphatic carboxylic acids is 1. The van der Waals surface area contributed by atoms with Gasteiger partial charge >= 0.3 is 5.97 Å². The molecule has 1 aromatic carbocycles. The van der Waals surface area contributed by atoms with Gasteiger partial charge < -0.3 is 20.5 Å². The molecule has 1 unspecified atom stereocenters. The summed E-state index contributed by atoms with van der Waals surface area (Å²) in [6, 6.07) is 3.79. The Kier molecular flexibility index (Phi) is 4.27. The van der Waals surface area contributed by atoms with Crippen LogP contribution in [0.25, 0.3) is 10.9 Å². The number of amides is 1. The lowest BCUT2D eigenvalue weighted by Crippen LogP contribution is -2.42. The molecule has 0 spiro atoms. The maximum absolute atomic E-state index is 11.5. The normalized spacial score (nSPS) is 12.0. The summed E-state index contributed by atoms with van der Waals surface area (Å²) in [6.07, 6.45) is 3.29. The van der Waals surface area contributed by atoms with E-state index in [0.29, 0.717) is 5.56 Å². The van der Waals surface area contributed by atoms with Crippen LogP contribution in [0.2, 0.25) is 0 Å². The zero-order valence-corrected chi connectivity index (χ0v) is 11.3. The van der Waals surface area contributed by atoms with Crippen LogP contribution >= 0.6 is 0 Å². The van der Waals surface area contributed by atoms with Crippen LogP contribution in [0.3, 0.4) is 0 Å². The van der Waals surface area contributed by atoms with Crippen molar-refractivity contribution in [3.05, 3.63) is 42.6 Å². The van der Waals surface area contributed by atoms with Crippen LogP contribution in [0.4, 0.5) is 0 Å². The van der Waals surface area contributed by atoms with Crippen LogP contribution < -0.4 is 5.32 Å². The molecule has 6 heteroatoms. The van der Waals surface area contributed by atoms with E-state index in [-0.39, 0.29) is 24.5 Å². The number of carboxylic acids is 1. The first-order valence-electron chi connectivity index (χ1n) is 6.43. The molecule has 4 N–H and O–H groups in total. The molecule has 0 radical (unpaired) electrons. The summed E-state index contributed by atoms with van der Waals surface area (Å²) in [4.78, 5) is 25.8. The van der Waals surface area contributed by atoms with Crippen LogP contribution in [0, 0.1) is 0 Å². The zero-order valence-electron chi connectivity index (χ0n) is 11.3. The Morgan fingerprint density at radius 3 is 2.86 bits per heavy atom. The van der Waals surface area contributed by atoms with Gasteiger partial charge in [-0.1, -0.05) is 6.08 Å². The van der Waals surface area contributed by atoms with E-state index in [4.69, 9.17) is 0 Å². The van der Waals surface area contributed by atoms with Gasteiger partial charge in [-0.25, -0.2) is 4.79 Å². The summed E-state index contributed by atoms with van der Waals surface area (Å²) >= 11 is 0. The molecule has 2 rings (SSSR count). The third-order valence-corrected chi connectivity index (χ3v) is 3.14. The molecule has 0 fully saturated rings. The van der Waals surface area contributed by atoms with Crippen molar-refractivity contribution in [3.63, 3.8) is 0 Å². The number of phenolic OH excluding ortho intramolecular Hbond substituents is 1. The predicted octanol–water partition coefficient (Wildman–Crippen LogP) is 1.56. The molecule has 0 aliphatic carbocycles. The number of rotatable bonds is 6. The topological polar surface area (TPSA) is 102 Å². The number of carbonyl (C=O) groups is 2. The monoisotopic (exact) mass is 288 g/mol. The number of carbonyl (C=O) groups excluding carboxylic acids is 1. The number of hydrogen-bond donors (Lipinski definition) is 4. The molecule has 1 heterocycles. The van der Waals surface area contributed by atoms with Crippen LogP contribution in [-0.2, 0) is 16.0 Å². The maximum atomic E-state index is 11.5. The number of aromatic hydroxyl groups is 1. The van der Waals surface area contributed by atoms with Gasteiger partial charge in [-0.05, 0) is 23.8 Å². The second kappa shape index (κ2) is 6.13. The van der Waals surface area contributed by atoms with Crippen LogP contribution in [0.5, 0.6) is 5.75 Å². The Bertz CT molecular complexity index is 690. The van der Waals surface area contributed by atoms with Gasteiger partial charge in [0.15, 0.2) is 0 Å². The Morgan fingerprint density at radius 2 is 2.19 bits per heavy atom. The van der Waals surface area contributed by atoms with Crippen LogP contribution in [-0.4, -0.2) is 33.1 Å². The quantitative estimate of drug-likeness (QED) is 0.606. The standard InChI is InChI=1S/C15H16N2O4/c1-2-3-14(19)17-13(15(20)21)6-9-8-16-12-5-4-10(18)7-11(9)12/h2,4-5,7-8,13,16,18H,1,3,6H2,(H,17,19)(H,20,21). The van der Waals surface area contributed by atoms with Crippen molar-refractivity contribution in [1.82, 2.24) is 10.3 Å². The number of H-pyrrole nitrogens is 1. The van der Waals surface area contributed by atoms with Crippen molar-refractivity contribution in [1.29, 1.82) is 0 Å². The molecular formula is C15H16N2O4. The molecule has 1 aromatic heterocycles. The number of benzene rings is 1. The molecule has 0 saturated heterocycles. The molecule has 0 saturated carbocycles. The van der Waals surface area contributed by atoms with Gasteiger partial charge in [-0.3, -0.25) is 4.79 Å². The van der Waals surface area contributed by atoms with Gasteiger partial charge in [0.1, 0.15) is 11.8 Å². The van der Waals surface area contributed by atoms with E-state index < -0.39 is 12.0 Å². The van der Waals surface area contributed by atoms with E-state index >= 15 is 0 Å².